The van der Waals surface area contributed by atoms with E-state index >= 15 is 0 Å². The molecule has 1 N–H and O–H groups in total. The van der Waals surface area contributed by atoms with Gasteiger partial charge in [-0.15, -0.1) is 5.10 Å². The molecule has 0 aliphatic heterocycles. The van der Waals surface area contributed by atoms with Gasteiger partial charge < -0.3 is 10.1 Å². The summed E-state index contributed by atoms with van der Waals surface area (Å²) in [6.45, 7) is 7.81. The number of nitrogens with one attached hydrogen (secondary N) is 1. The van der Waals surface area contributed by atoms with Gasteiger partial charge in [-0.25, -0.2) is 9.50 Å². The molecule has 3 rings (SSSR count). The van der Waals surface area contributed by atoms with E-state index in [0.29, 0.717) is 29.4 Å². The van der Waals surface area contributed by atoms with Gasteiger partial charge in [-0.1, -0.05) is 26.8 Å². The van der Waals surface area contributed by atoms with Gasteiger partial charge in [0.15, 0.2) is 5.65 Å². The third kappa shape index (κ3) is 5.08. The Hall–Kier alpha value is -3.10. The lowest BCUT2D eigenvalue weighted by atomic mass is 9.92. The number of fused-ring (bicyclic) bond motifs is 1. The molecule has 2 aromatic heterocycles. The summed E-state index contributed by atoms with van der Waals surface area (Å²) in [6, 6.07) is 6.94. The van der Waals surface area contributed by atoms with Gasteiger partial charge in [0.05, 0.1) is 29.7 Å². The van der Waals surface area contributed by atoms with Crippen molar-refractivity contribution >= 4 is 17.2 Å². The second-order valence-corrected chi connectivity index (χ2v) is 8.08. The number of carbonyl (C=O) groups excluding carboxylic acids is 1. The van der Waals surface area contributed by atoms with Gasteiger partial charge in [-0.3, -0.25) is 4.79 Å². The highest BCUT2D eigenvalue weighted by molar-refractivity contribution is 5.93. The molecule has 0 aliphatic rings. The van der Waals surface area contributed by atoms with Gasteiger partial charge in [0.1, 0.15) is 0 Å². The Morgan fingerprint density at radius 1 is 1.17 bits per heavy atom. The molecule has 0 saturated heterocycles. The smallest absolute Gasteiger partial charge is 0.418 e. The summed E-state index contributed by atoms with van der Waals surface area (Å²) < 4.78 is 47.2. The molecule has 0 fully saturated rings. The molecule has 1 amide bonds. The quantitative estimate of drug-likeness (QED) is 0.617. The molecule has 160 valence electrons. The fourth-order valence-corrected chi connectivity index (χ4v) is 2.96. The number of imidazole rings is 1. The van der Waals surface area contributed by atoms with Crippen molar-refractivity contribution in [2.45, 2.75) is 40.3 Å². The molecule has 30 heavy (non-hydrogen) atoms. The van der Waals surface area contributed by atoms with E-state index in [0.717, 1.165) is 6.07 Å². The standard InChI is InChI=1S/C21H23F3N4O2/c1-5-30-19-9-8-17-25-16(12-28(17)27-19)13-6-7-14(21(22,23)24)15(10-13)26-18(29)11-20(2,3)4/h6-10,12H,5,11H2,1-4H3,(H,26,29). The maximum absolute atomic E-state index is 13.5. The van der Waals surface area contributed by atoms with Crippen molar-refractivity contribution < 1.29 is 22.7 Å². The van der Waals surface area contributed by atoms with Crippen molar-refractivity contribution in [3.8, 4) is 17.1 Å². The number of anilines is 1. The summed E-state index contributed by atoms with van der Waals surface area (Å²) in [4.78, 5) is 16.7. The summed E-state index contributed by atoms with van der Waals surface area (Å²) in [5.41, 5.74) is -0.185. The molecule has 0 atom stereocenters. The maximum atomic E-state index is 13.5. The third-order valence-corrected chi connectivity index (χ3v) is 4.17. The average Bonchev–Trinajstić information content (AvgIpc) is 3.02. The van der Waals surface area contributed by atoms with Crippen molar-refractivity contribution in [1.82, 2.24) is 14.6 Å². The fraction of sp³-hybridized carbons (Fsp3) is 0.381. The summed E-state index contributed by atoms with van der Waals surface area (Å²) in [6.07, 6.45) is -2.91. The Bertz CT molecular complexity index is 1070. The number of amides is 1. The summed E-state index contributed by atoms with van der Waals surface area (Å²) in [7, 11) is 0. The number of hydrogen-bond acceptors (Lipinski definition) is 4. The highest BCUT2D eigenvalue weighted by atomic mass is 19.4. The van der Waals surface area contributed by atoms with Crippen molar-refractivity contribution in [3.63, 3.8) is 0 Å². The Kier molecular flexibility index (Phi) is 5.74. The lowest BCUT2D eigenvalue weighted by Gasteiger charge is -2.19. The topological polar surface area (TPSA) is 68.5 Å². The zero-order valence-corrected chi connectivity index (χ0v) is 17.2. The number of hydrogen-bond donors (Lipinski definition) is 1. The molecule has 0 unspecified atom stereocenters. The summed E-state index contributed by atoms with van der Waals surface area (Å²) in [5, 5.41) is 6.68. The number of alkyl halides is 3. The van der Waals surface area contributed by atoms with Crippen LogP contribution in [0.15, 0.2) is 36.5 Å². The van der Waals surface area contributed by atoms with Gasteiger partial charge in [-0.05, 0) is 30.5 Å². The second-order valence-electron chi connectivity index (χ2n) is 8.08. The third-order valence-electron chi connectivity index (χ3n) is 4.17. The van der Waals surface area contributed by atoms with E-state index in [9.17, 15) is 18.0 Å². The second kappa shape index (κ2) is 7.97. The Morgan fingerprint density at radius 2 is 1.90 bits per heavy atom. The van der Waals surface area contributed by atoms with Crippen molar-refractivity contribution in [3.05, 3.63) is 42.1 Å². The Morgan fingerprint density at radius 3 is 2.53 bits per heavy atom. The van der Waals surface area contributed by atoms with E-state index in [-0.39, 0.29) is 17.5 Å². The fourth-order valence-electron chi connectivity index (χ4n) is 2.96. The number of carbonyl (C=O) groups is 1. The van der Waals surface area contributed by atoms with Crippen LogP contribution >= 0.6 is 0 Å². The molecule has 0 radical (unpaired) electrons. The first-order valence-electron chi connectivity index (χ1n) is 9.47. The summed E-state index contributed by atoms with van der Waals surface area (Å²) >= 11 is 0. The molecule has 0 aliphatic carbocycles. The van der Waals surface area contributed by atoms with Crippen LogP contribution in [0.4, 0.5) is 18.9 Å². The van der Waals surface area contributed by atoms with Crippen LogP contribution in [0, 0.1) is 5.41 Å². The lowest BCUT2D eigenvalue weighted by Crippen LogP contribution is -2.21. The first-order chi connectivity index (χ1) is 14.0. The van der Waals surface area contributed by atoms with Crippen LogP contribution in [-0.2, 0) is 11.0 Å². The molecular formula is C21H23F3N4O2. The van der Waals surface area contributed by atoms with Gasteiger partial charge in [-0.2, -0.15) is 13.2 Å². The van der Waals surface area contributed by atoms with Crippen LogP contribution in [0.5, 0.6) is 5.88 Å². The molecule has 6 nitrogen and oxygen atoms in total. The van der Waals surface area contributed by atoms with E-state index < -0.39 is 17.6 Å². The normalized spacial score (nSPS) is 12.2. The molecule has 0 bridgehead atoms. The van der Waals surface area contributed by atoms with Crippen molar-refractivity contribution in [2.24, 2.45) is 5.41 Å². The predicted molar refractivity (Wildman–Crippen MR) is 107 cm³/mol. The first kappa shape index (κ1) is 21.6. The minimum Gasteiger partial charge on any atom is -0.477 e. The maximum Gasteiger partial charge on any atom is 0.418 e. The van der Waals surface area contributed by atoms with Gasteiger partial charge in [0.2, 0.25) is 11.8 Å². The van der Waals surface area contributed by atoms with E-state index in [2.05, 4.69) is 15.4 Å². The van der Waals surface area contributed by atoms with E-state index in [1.165, 1.54) is 16.6 Å². The van der Waals surface area contributed by atoms with Gasteiger partial charge >= 0.3 is 6.18 Å². The van der Waals surface area contributed by atoms with Crippen LogP contribution in [0.25, 0.3) is 16.9 Å². The van der Waals surface area contributed by atoms with Crippen LogP contribution < -0.4 is 10.1 Å². The van der Waals surface area contributed by atoms with E-state index in [1.807, 2.05) is 27.7 Å². The average molecular weight is 420 g/mol. The zero-order chi connectivity index (χ0) is 22.1. The molecule has 0 spiro atoms. The Balaban J connectivity index is 1.99. The highest BCUT2D eigenvalue weighted by Gasteiger charge is 2.34. The number of aromatic nitrogens is 3. The van der Waals surface area contributed by atoms with E-state index in [1.54, 1.807) is 18.3 Å². The van der Waals surface area contributed by atoms with Crippen molar-refractivity contribution in [1.29, 1.82) is 0 Å². The predicted octanol–water partition coefficient (Wildman–Crippen LogP) is 5.19. The number of ether oxygens (including phenoxy) is 1. The summed E-state index contributed by atoms with van der Waals surface area (Å²) in [5.74, 6) is -0.0697. The largest absolute Gasteiger partial charge is 0.477 e. The van der Waals surface area contributed by atoms with Crippen LogP contribution in [0.2, 0.25) is 0 Å². The molecule has 3 aromatic rings. The Labute approximate surface area is 172 Å². The lowest BCUT2D eigenvalue weighted by molar-refractivity contribution is -0.137. The minimum atomic E-state index is -4.60. The first-order valence-corrected chi connectivity index (χ1v) is 9.47. The van der Waals surface area contributed by atoms with Gasteiger partial charge in [0.25, 0.3) is 0 Å². The number of rotatable bonds is 5. The molecule has 9 heteroatoms. The molecule has 2 heterocycles. The monoisotopic (exact) mass is 420 g/mol. The number of halogens is 3. The SMILES string of the molecule is CCOc1ccc2nc(-c3ccc(C(F)(F)F)c(NC(=O)CC(C)(C)C)c3)cn2n1. The zero-order valence-electron chi connectivity index (χ0n) is 17.2. The molecule has 1 aromatic carbocycles. The number of benzene rings is 1. The highest BCUT2D eigenvalue weighted by Crippen LogP contribution is 2.37. The van der Waals surface area contributed by atoms with E-state index in [4.69, 9.17) is 4.74 Å². The van der Waals surface area contributed by atoms with Crippen LogP contribution in [0.1, 0.15) is 39.7 Å². The number of nitrogens with zero attached hydrogens (tertiary/aromatic N) is 3. The van der Waals surface area contributed by atoms with Crippen LogP contribution in [-0.4, -0.2) is 27.1 Å². The van der Waals surface area contributed by atoms with Crippen LogP contribution in [0.3, 0.4) is 0 Å². The molecular weight excluding hydrogens is 397 g/mol. The van der Waals surface area contributed by atoms with Gasteiger partial charge in [0, 0.05) is 18.1 Å². The molecule has 0 saturated carbocycles. The van der Waals surface area contributed by atoms with Crippen molar-refractivity contribution in [2.75, 3.05) is 11.9 Å². The minimum absolute atomic E-state index is 0.0903.